The van der Waals surface area contributed by atoms with Crippen LogP contribution in [0.2, 0.25) is 0 Å². The Kier molecular flexibility index (Phi) is 7.30. The number of aliphatic hydroxyl groups is 3. The molecule has 8 heteroatoms. The molecule has 0 saturated carbocycles. The number of carbonyl (C=O) groups excluding carboxylic acids is 1. The van der Waals surface area contributed by atoms with Gasteiger partial charge in [-0.1, -0.05) is 12.1 Å². The van der Waals surface area contributed by atoms with E-state index >= 15 is 0 Å². The molecule has 0 spiro atoms. The molecule has 1 aromatic heterocycles. The predicted octanol–water partition coefficient (Wildman–Crippen LogP) is 2.22. The number of amides is 1. The number of aliphatic hydroxyl groups excluding tert-OH is 3. The van der Waals surface area contributed by atoms with Gasteiger partial charge in [-0.3, -0.25) is 4.79 Å². The third kappa shape index (κ3) is 5.85. The zero-order valence-corrected chi connectivity index (χ0v) is 17.1. The lowest BCUT2D eigenvalue weighted by Crippen LogP contribution is -2.54. The van der Waals surface area contributed by atoms with Crippen molar-refractivity contribution in [2.75, 3.05) is 13.2 Å². The molecule has 31 heavy (non-hydrogen) atoms. The van der Waals surface area contributed by atoms with Crippen molar-refractivity contribution in [2.45, 2.75) is 25.0 Å². The van der Waals surface area contributed by atoms with Crippen LogP contribution >= 0.6 is 0 Å². The van der Waals surface area contributed by atoms with E-state index < -0.39 is 30.8 Å². The summed E-state index contributed by atoms with van der Waals surface area (Å²) in [5, 5.41) is 32.3. The van der Waals surface area contributed by atoms with Crippen LogP contribution in [0.4, 0.5) is 0 Å². The molecule has 0 fully saturated rings. The molecular weight excluding hydrogens is 398 g/mol. The molecule has 8 nitrogen and oxygen atoms in total. The van der Waals surface area contributed by atoms with Crippen molar-refractivity contribution < 1.29 is 24.9 Å². The quantitative estimate of drug-likeness (QED) is 0.416. The first kappa shape index (κ1) is 22.4. The highest BCUT2D eigenvalue weighted by Crippen LogP contribution is 2.28. The van der Waals surface area contributed by atoms with Gasteiger partial charge < -0.3 is 25.4 Å². The van der Waals surface area contributed by atoms with Gasteiger partial charge in [0.15, 0.2) is 5.82 Å². The van der Waals surface area contributed by atoms with Crippen LogP contribution in [0, 0.1) is 0 Å². The third-order valence-electron chi connectivity index (χ3n) is 4.81. The topological polar surface area (TPSA) is 125 Å². The summed E-state index contributed by atoms with van der Waals surface area (Å²) in [5.74, 6) is 1.45. The van der Waals surface area contributed by atoms with Gasteiger partial charge in [0.2, 0.25) is 5.91 Å². The number of hydrogen-bond acceptors (Lipinski definition) is 7. The summed E-state index contributed by atoms with van der Waals surface area (Å²) in [6.45, 7) is 0.300. The van der Waals surface area contributed by atoms with E-state index in [0.717, 1.165) is 5.56 Å². The van der Waals surface area contributed by atoms with Gasteiger partial charge in [0.05, 0.1) is 24.9 Å². The van der Waals surface area contributed by atoms with Crippen molar-refractivity contribution in [3.63, 3.8) is 0 Å². The number of nitrogens with zero attached hydrogens (tertiary/aromatic N) is 2. The predicted molar refractivity (Wildman–Crippen MR) is 114 cm³/mol. The fraction of sp³-hybridized carbons (Fsp3) is 0.261. The SMILES string of the molecule is CC(=O)NC(CO)(CO)CC(O)c1ccc(Oc2ccc(-c3ncccn3)cc2)cc1. The van der Waals surface area contributed by atoms with E-state index in [-0.39, 0.29) is 6.42 Å². The van der Waals surface area contributed by atoms with Crippen LogP contribution in [0.15, 0.2) is 67.0 Å². The summed E-state index contributed by atoms with van der Waals surface area (Å²) in [6, 6.07) is 15.9. The average molecular weight is 423 g/mol. The zero-order valence-electron chi connectivity index (χ0n) is 17.1. The molecule has 0 aliphatic carbocycles. The van der Waals surface area contributed by atoms with Crippen molar-refractivity contribution in [3.05, 3.63) is 72.6 Å². The summed E-state index contributed by atoms with van der Waals surface area (Å²) < 4.78 is 5.84. The Morgan fingerprint density at radius 2 is 1.55 bits per heavy atom. The maximum atomic E-state index is 11.4. The van der Waals surface area contributed by atoms with Gasteiger partial charge in [-0.15, -0.1) is 0 Å². The fourth-order valence-electron chi connectivity index (χ4n) is 3.18. The normalized spacial score (nSPS) is 12.3. The first-order valence-corrected chi connectivity index (χ1v) is 9.78. The van der Waals surface area contributed by atoms with Crippen molar-refractivity contribution in [3.8, 4) is 22.9 Å². The standard InChI is InChI=1S/C23H25N3O5/c1-16(29)26-23(14-27,15-28)13-21(30)17-3-7-19(8-4-17)31-20-9-5-18(6-10-20)22-24-11-2-12-25-22/h2-12,21,27-28,30H,13-15H2,1H3,(H,26,29). The molecule has 3 aromatic rings. The second-order valence-corrected chi connectivity index (χ2v) is 7.27. The van der Waals surface area contributed by atoms with Crippen LogP contribution in [0.25, 0.3) is 11.4 Å². The minimum absolute atomic E-state index is 0.0389. The van der Waals surface area contributed by atoms with Crippen LogP contribution in [0.3, 0.4) is 0 Å². The Bertz CT molecular complexity index is 974. The second kappa shape index (κ2) is 10.1. The van der Waals surface area contributed by atoms with Gasteiger partial charge in [-0.25, -0.2) is 9.97 Å². The maximum Gasteiger partial charge on any atom is 0.217 e. The first-order valence-electron chi connectivity index (χ1n) is 9.78. The fourth-order valence-corrected chi connectivity index (χ4v) is 3.18. The van der Waals surface area contributed by atoms with Gasteiger partial charge in [-0.05, 0) is 48.0 Å². The van der Waals surface area contributed by atoms with Gasteiger partial charge >= 0.3 is 0 Å². The monoisotopic (exact) mass is 423 g/mol. The molecule has 0 radical (unpaired) electrons. The number of ether oxygens (including phenoxy) is 1. The molecule has 1 amide bonds. The number of benzene rings is 2. The Labute approximate surface area is 180 Å². The number of hydrogen-bond donors (Lipinski definition) is 4. The summed E-state index contributed by atoms with van der Waals surface area (Å²) in [6.07, 6.45) is 2.34. The van der Waals surface area contributed by atoms with E-state index in [2.05, 4.69) is 15.3 Å². The number of carbonyl (C=O) groups is 1. The molecule has 0 bridgehead atoms. The van der Waals surface area contributed by atoms with E-state index in [9.17, 15) is 20.1 Å². The van der Waals surface area contributed by atoms with Crippen molar-refractivity contribution in [1.29, 1.82) is 0 Å². The highest BCUT2D eigenvalue weighted by Gasteiger charge is 2.33. The Morgan fingerprint density at radius 3 is 2.06 bits per heavy atom. The van der Waals surface area contributed by atoms with Crippen molar-refractivity contribution in [2.24, 2.45) is 0 Å². The number of rotatable bonds is 9. The highest BCUT2D eigenvalue weighted by molar-refractivity contribution is 5.73. The average Bonchev–Trinajstić information content (AvgIpc) is 2.80. The maximum absolute atomic E-state index is 11.4. The molecule has 4 N–H and O–H groups in total. The lowest BCUT2D eigenvalue weighted by molar-refractivity contribution is -0.122. The van der Waals surface area contributed by atoms with Gasteiger partial charge in [0, 0.05) is 31.3 Å². The van der Waals surface area contributed by atoms with Crippen LogP contribution in [-0.4, -0.2) is 49.9 Å². The van der Waals surface area contributed by atoms with Crippen molar-refractivity contribution in [1.82, 2.24) is 15.3 Å². The Balaban J connectivity index is 1.65. The van der Waals surface area contributed by atoms with E-state index in [0.29, 0.717) is 22.9 Å². The second-order valence-electron chi connectivity index (χ2n) is 7.27. The zero-order chi connectivity index (χ0) is 22.3. The molecule has 1 heterocycles. The van der Waals surface area contributed by atoms with Gasteiger partial charge in [-0.2, -0.15) is 0 Å². The summed E-state index contributed by atoms with van der Waals surface area (Å²) in [5.41, 5.74) is 0.146. The molecule has 3 rings (SSSR count). The molecule has 1 unspecified atom stereocenters. The molecule has 0 saturated heterocycles. The minimum Gasteiger partial charge on any atom is -0.457 e. The van der Waals surface area contributed by atoms with E-state index in [1.807, 2.05) is 24.3 Å². The van der Waals surface area contributed by atoms with E-state index in [4.69, 9.17) is 4.74 Å². The molecule has 162 valence electrons. The minimum atomic E-state index is -1.30. The van der Waals surface area contributed by atoms with Crippen molar-refractivity contribution >= 4 is 5.91 Å². The lowest BCUT2D eigenvalue weighted by atomic mass is 9.90. The molecule has 2 aromatic carbocycles. The number of aromatic nitrogens is 2. The summed E-state index contributed by atoms with van der Waals surface area (Å²) >= 11 is 0. The molecule has 0 aliphatic heterocycles. The first-order chi connectivity index (χ1) is 14.9. The Morgan fingerprint density at radius 1 is 1.00 bits per heavy atom. The van der Waals surface area contributed by atoms with E-state index in [1.165, 1.54) is 6.92 Å². The third-order valence-corrected chi connectivity index (χ3v) is 4.81. The summed E-state index contributed by atoms with van der Waals surface area (Å²) in [4.78, 5) is 19.8. The summed E-state index contributed by atoms with van der Waals surface area (Å²) in [7, 11) is 0. The highest BCUT2D eigenvalue weighted by atomic mass is 16.5. The smallest absolute Gasteiger partial charge is 0.217 e. The molecule has 1 atom stereocenters. The van der Waals surface area contributed by atoms with E-state index in [1.54, 1.807) is 42.7 Å². The lowest BCUT2D eigenvalue weighted by Gasteiger charge is -2.32. The van der Waals surface area contributed by atoms with Crippen LogP contribution in [-0.2, 0) is 4.79 Å². The van der Waals surface area contributed by atoms with Gasteiger partial charge in [0.1, 0.15) is 11.5 Å². The van der Waals surface area contributed by atoms with Crippen LogP contribution in [0.5, 0.6) is 11.5 Å². The molecule has 0 aliphatic rings. The largest absolute Gasteiger partial charge is 0.457 e. The van der Waals surface area contributed by atoms with Gasteiger partial charge in [0.25, 0.3) is 0 Å². The Hall–Kier alpha value is -3.33. The molecular formula is C23H25N3O5. The number of nitrogens with one attached hydrogen (secondary N) is 1. The van der Waals surface area contributed by atoms with Crippen LogP contribution < -0.4 is 10.1 Å². The van der Waals surface area contributed by atoms with Crippen LogP contribution in [0.1, 0.15) is 25.0 Å².